The molecule has 136 valence electrons. The van der Waals surface area contributed by atoms with Crippen molar-refractivity contribution in [3.63, 3.8) is 0 Å². The van der Waals surface area contributed by atoms with Crippen molar-refractivity contribution in [2.45, 2.75) is 11.8 Å². The summed E-state index contributed by atoms with van der Waals surface area (Å²) in [5.41, 5.74) is 2.46. The van der Waals surface area contributed by atoms with E-state index in [-0.39, 0.29) is 11.5 Å². The molecule has 0 saturated heterocycles. The third-order valence-corrected chi connectivity index (χ3v) is 5.04. The van der Waals surface area contributed by atoms with Gasteiger partial charge in [0.05, 0.1) is 5.57 Å². The summed E-state index contributed by atoms with van der Waals surface area (Å²) < 4.78 is 0. The van der Waals surface area contributed by atoms with Crippen molar-refractivity contribution in [3.8, 4) is 0 Å². The molecule has 3 nitrogen and oxygen atoms in total. The van der Waals surface area contributed by atoms with E-state index in [1.165, 1.54) is 0 Å². The van der Waals surface area contributed by atoms with Gasteiger partial charge in [0.25, 0.3) is 0 Å². The minimum Gasteiger partial charge on any atom is -0.293 e. The first-order valence-electron chi connectivity index (χ1n) is 9.16. The van der Waals surface area contributed by atoms with Gasteiger partial charge in [-0.05, 0) is 16.7 Å². The van der Waals surface area contributed by atoms with Crippen LogP contribution in [0.4, 0.5) is 0 Å². The molecule has 0 spiro atoms. The van der Waals surface area contributed by atoms with Crippen molar-refractivity contribution in [2.24, 2.45) is 0 Å². The van der Waals surface area contributed by atoms with Crippen LogP contribution in [-0.2, 0) is 14.4 Å². The van der Waals surface area contributed by atoms with Crippen molar-refractivity contribution >= 4 is 17.3 Å². The van der Waals surface area contributed by atoms with Gasteiger partial charge in [0.1, 0.15) is 5.92 Å². The Morgan fingerprint density at radius 1 is 0.607 bits per heavy atom. The van der Waals surface area contributed by atoms with E-state index in [1.807, 2.05) is 66.7 Å². The molecule has 0 N–H and O–H groups in total. The predicted octanol–water partition coefficient (Wildman–Crippen LogP) is 4.25. The number of rotatable bonds is 4. The van der Waals surface area contributed by atoms with Crippen LogP contribution in [0.15, 0.2) is 103 Å². The van der Waals surface area contributed by atoms with E-state index in [0.717, 1.165) is 11.1 Å². The Kier molecular flexibility index (Phi) is 4.81. The van der Waals surface area contributed by atoms with Gasteiger partial charge in [0, 0.05) is 5.92 Å². The van der Waals surface area contributed by atoms with E-state index >= 15 is 0 Å². The Hall–Kier alpha value is -3.59. The molecule has 28 heavy (non-hydrogen) atoms. The topological polar surface area (TPSA) is 51.2 Å². The normalized spacial score (nSPS) is 18.2. The van der Waals surface area contributed by atoms with Crippen molar-refractivity contribution in [1.82, 2.24) is 0 Å². The zero-order valence-corrected chi connectivity index (χ0v) is 15.1. The molecule has 1 atom stereocenters. The highest BCUT2D eigenvalue weighted by molar-refractivity contribution is 6.61. The maximum absolute atomic E-state index is 13.0. The molecular formula is C25H18O3. The van der Waals surface area contributed by atoms with E-state index in [0.29, 0.717) is 5.56 Å². The SMILES string of the molecule is O=C1C(=O)C(c2ccccc2)C(=O)C1=CC(c1ccccc1)c1ccccc1. The van der Waals surface area contributed by atoms with Crippen molar-refractivity contribution in [1.29, 1.82) is 0 Å². The first kappa shape index (κ1) is 17.8. The number of ketones is 3. The summed E-state index contributed by atoms with van der Waals surface area (Å²) in [6.45, 7) is 0. The van der Waals surface area contributed by atoms with E-state index in [2.05, 4.69) is 0 Å². The molecular weight excluding hydrogens is 348 g/mol. The molecule has 1 aliphatic rings. The average Bonchev–Trinajstić information content (AvgIpc) is 2.96. The van der Waals surface area contributed by atoms with Gasteiger partial charge in [0.15, 0.2) is 5.78 Å². The van der Waals surface area contributed by atoms with E-state index < -0.39 is 23.3 Å². The Morgan fingerprint density at radius 2 is 1.07 bits per heavy atom. The van der Waals surface area contributed by atoms with Crippen molar-refractivity contribution < 1.29 is 14.4 Å². The molecule has 4 rings (SSSR count). The lowest BCUT2D eigenvalue weighted by atomic mass is 9.88. The average molecular weight is 366 g/mol. The highest BCUT2D eigenvalue weighted by Crippen LogP contribution is 2.34. The van der Waals surface area contributed by atoms with Gasteiger partial charge in [-0.3, -0.25) is 14.4 Å². The molecule has 1 unspecified atom stereocenters. The molecule has 3 aromatic rings. The summed E-state index contributed by atoms with van der Waals surface area (Å²) in [7, 11) is 0. The Morgan fingerprint density at radius 3 is 1.57 bits per heavy atom. The largest absolute Gasteiger partial charge is 0.293 e. The first-order chi connectivity index (χ1) is 13.7. The summed E-state index contributed by atoms with van der Waals surface area (Å²) in [5.74, 6) is -3.09. The van der Waals surface area contributed by atoms with E-state index in [4.69, 9.17) is 0 Å². The van der Waals surface area contributed by atoms with E-state index in [1.54, 1.807) is 30.3 Å². The third-order valence-electron chi connectivity index (χ3n) is 5.04. The molecule has 1 saturated carbocycles. The lowest BCUT2D eigenvalue weighted by Crippen LogP contribution is -2.14. The predicted molar refractivity (Wildman–Crippen MR) is 107 cm³/mol. The van der Waals surface area contributed by atoms with Gasteiger partial charge in [-0.15, -0.1) is 0 Å². The van der Waals surface area contributed by atoms with Gasteiger partial charge in [0.2, 0.25) is 11.6 Å². The second-order valence-corrected chi connectivity index (χ2v) is 6.78. The molecule has 0 aliphatic heterocycles. The molecule has 0 radical (unpaired) electrons. The summed E-state index contributed by atoms with van der Waals surface area (Å²) in [6, 6.07) is 28.1. The highest BCUT2D eigenvalue weighted by Gasteiger charge is 2.45. The zero-order valence-electron chi connectivity index (χ0n) is 15.1. The lowest BCUT2D eigenvalue weighted by molar-refractivity contribution is -0.133. The Labute approximate surface area is 163 Å². The molecule has 0 heterocycles. The van der Waals surface area contributed by atoms with Crippen LogP contribution in [0.5, 0.6) is 0 Å². The first-order valence-corrected chi connectivity index (χ1v) is 9.16. The van der Waals surface area contributed by atoms with Crippen LogP contribution in [-0.4, -0.2) is 17.3 Å². The van der Waals surface area contributed by atoms with Gasteiger partial charge in [-0.2, -0.15) is 0 Å². The molecule has 1 aliphatic carbocycles. The van der Waals surface area contributed by atoms with Gasteiger partial charge in [-0.25, -0.2) is 0 Å². The number of benzene rings is 3. The van der Waals surface area contributed by atoms with Crippen LogP contribution in [0.2, 0.25) is 0 Å². The quantitative estimate of drug-likeness (QED) is 0.300. The van der Waals surface area contributed by atoms with Crippen LogP contribution in [0.3, 0.4) is 0 Å². The molecule has 3 heteroatoms. The van der Waals surface area contributed by atoms with E-state index in [9.17, 15) is 14.4 Å². The van der Waals surface area contributed by atoms with Crippen LogP contribution >= 0.6 is 0 Å². The summed E-state index contributed by atoms with van der Waals surface area (Å²) in [6.07, 6.45) is 1.65. The molecule has 0 amide bonds. The summed E-state index contributed by atoms with van der Waals surface area (Å²) >= 11 is 0. The number of Topliss-reactive ketones (excluding diaryl/α,β-unsaturated/α-hetero) is 3. The summed E-state index contributed by atoms with van der Waals surface area (Å²) in [5, 5.41) is 0. The minimum absolute atomic E-state index is 0.0171. The zero-order chi connectivity index (χ0) is 19.5. The van der Waals surface area contributed by atoms with Crippen LogP contribution in [0.25, 0.3) is 0 Å². The van der Waals surface area contributed by atoms with Crippen LogP contribution < -0.4 is 0 Å². The van der Waals surface area contributed by atoms with Crippen molar-refractivity contribution in [2.75, 3.05) is 0 Å². The highest BCUT2D eigenvalue weighted by atomic mass is 16.2. The third kappa shape index (κ3) is 3.23. The van der Waals surface area contributed by atoms with Gasteiger partial charge >= 0.3 is 0 Å². The Balaban J connectivity index is 1.79. The van der Waals surface area contributed by atoms with Crippen LogP contribution in [0.1, 0.15) is 28.5 Å². The van der Waals surface area contributed by atoms with Gasteiger partial charge < -0.3 is 0 Å². The second kappa shape index (κ2) is 7.57. The minimum atomic E-state index is -1.04. The fourth-order valence-electron chi connectivity index (χ4n) is 3.63. The smallest absolute Gasteiger partial charge is 0.233 e. The molecule has 0 bridgehead atoms. The molecule has 0 aromatic heterocycles. The number of carbonyl (C=O) groups is 3. The Bertz CT molecular complexity index is 1010. The van der Waals surface area contributed by atoms with Crippen LogP contribution in [0, 0.1) is 0 Å². The number of hydrogen-bond donors (Lipinski definition) is 0. The lowest BCUT2D eigenvalue weighted by Gasteiger charge is -2.15. The van der Waals surface area contributed by atoms with Crippen molar-refractivity contribution in [3.05, 3.63) is 119 Å². The number of hydrogen-bond acceptors (Lipinski definition) is 3. The standard InChI is InChI=1S/C25H18O3/c26-23-21(24(27)25(28)22(23)19-14-8-3-9-15-19)16-20(17-10-4-1-5-11-17)18-12-6-2-7-13-18/h1-16,20,22H. The maximum Gasteiger partial charge on any atom is 0.233 e. The number of carbonyl (C=O) groups excluding carboxylic acids is 3. The fraction of sp³-hybridized carbons (Fsp3) is 0.0800. The maximum atomic E-state index is 13.0. The second-order valence-electron chi connectivity index (χ2n) is 6.78. The summed E-state index contributed by atoms with van der Waals surface area (Å²) in [4.78, 5) is 38.2. The molecule has 3 aromatic carbocycles. The monoisotopic (exact) mass is 366 g/mol. The fourth-order valence-corrected chi connectivity index (χ4v) is 3.63. The molecule has 1 fully saturated rings. The van der Waals surface area contributed by atoms with Gasteiger partial charge in [-0.1, -0.05) is 97.1 Å². The number of allylic oxidation sites excluding steroid dienone is 2.